The summed E-state index contributed by atoms with van der Waals surface area (Å²) in [7, 11) is 0. The molecule has 0 unspecified atom stereocenters. The molecule has 0 N–H and O–H groups in total. The van der Waals surface area contributed by atoms with Gasteiger partial charge in [0.2, 0.25) is 0 Å². The van der Waals surface area contributed by atoms with E-state index in [0.717, 1.165) is 10.6 Å². The van der Waals surface area contributed by atoms with Gasteiger partial charge in [-0.05, 0) is 0 Å². The van der Waals surface area contributed by atoms with Gasteiger partial charge in [0.05, 0.1) is 0 Å². The van der Waals surface area contributed by atoms with Gasteiger partial charge in [0.15, 0.2) is 0 Å². The molecule has 4 heteroatoms. The summed E-state index contributed by atoms with van der Waals surface area (Å²) in [5, 5.41) is 10.1. The van der Waals surface area contributed by atoms with E-state index in [1.54, 1.807) is 2.89 Å². The van der Waals surface area contributed by atoms with Crippen LogP contribution in [-0.2, 0) is 0 Å². The molecule has 0 aliphatic heterocycles. The summed E-state index contributed by atoms with van der Waals surface area (Å²) in [6.45, 7) is 6.97. The van der Waals surface area contributed by atoms with Crippen molar-refractivity contribution >= 4 is 32.6 Å². The Balaban J connectivity index is 2.33. The van der Waals surface area contributed by atoms with Gasteiger partial charge in [-0.1, -0.05) is 0 Å². The summed E-state index contributed by atoms with van der Waals surface area (Å²) in [6, 6.07) is 10.1. The molecular formula is C22H32N2SSn. The predicted octanol–water partition coefficient (Wildman–Crippen LogP) is 6.74. The molecule has 1 heterocycles. The van der Waals surface area contributed by atoms with Crippen molar-refractivity contribution in [1.29, 1.82) is 5.26 Å². The van der Waals surface area contributed by atoms with E-state index in [1.807, 2.05) is 35.6 Å². The third kappa shape index (κ3) is 5.57. The van der Waals surface area contributed by atoms with Gasteiger partial charge < -0.3 is 0 Å². The topological polar surface area (TPSA) is 36.7 Å². The fourth-order valence-electron chi connectivity index (χ4n) is 3.63. The van der Waals surface area contributed by atoms with Crippen molar-refractivity contribution in [1.82, 2.24) is 4.98 Å². The monoisotopic (exact) mass is 476 g/mol. The Bertz CT molecular complexity index is 678. The van der Waals surface area contributed by atoms with Crippen molar-refractivity contribution in [2.45, 2.75) is 72.6 Å². The molecule has 2 nitrogen and oxygen atoms in total. The van der Waals surface area contributed by atoms with Crippen LogP contribution < -0.4 is 2.89 Å². The second-order valence-electron chi connectivity index (χ2n) is 7.31. The number of hydrogen-bond donors (Lipinski definition) is 0. The molecule has 0 atom stereocenters. The van der Waals surface area contributed by atoms with Crippen molar-refractivity contribution in [3.05, 3.63) is 36.0 Å². The molecule has 1 aromatic carbocycles. The zero-order chi connectivity index (χ0) is 18.8. The van der Waals surface area contributed by atoms with Gasteiger partial charge in [0, 0.05) is 0 Å². The van der Waals surface area contributed by atoms with Crippen LogP contribution in [0.4, 0.5) is 0 Å². The fourth-order valence-corrected chi connectivity index (χ4v) is 23.3. The van der Waals surface area contributed by atoms with Gasteiger partial charge in [-0.2, -0.15) is 0 Å². The zero-order valence-corrected chi connectivity index (χ0v) is 20.2. The normalized spacial score (nSPS) is 11.5. The Morgan fingerprint density at radius 1 is 0.923 bits per heavy atom. The Morgan fingerprint density at radius 2 is 1.46 bits per heavy atom. The van der Waals surface area contributed by atoms with Crippen molar-refractivity contribution < 1.29 is 0 Å². The number of nitriles is 1. The third-order valence-electron chi connectivity index (χ3n) is 5.32. The summed E-state index contributed by atoms with van der Waals surface area (Å²) in [5.41, 5.74) is 1.87. The maximum absolute atomic E-state index is 9.00. The van der Waals surface area contributed by atoms with Gasteiger partial charge in [0.25, 0.3) is 0 Å². The van der Waals surface area contributed by atoms with Crippen molar-refractivity contribution in [2.24, 2.45) is 0 Å². The summed E-state index contributed by atoms with van der Waals surface area (Å²) in [4.78, 5) is 4.82. The van der Waals surface area contributed by atoms with Crippen LogP contribution in [0.25, 0.3) is 10.6 Å². The number of benzene rings is 1. The molecule has 1 aromatic heterocycles. The van der Waals surface area contributed by atoms with Gasteiger partial charge >= 0.3 is 168 Å². The minimum absolute atomic E-state index is 0.716. The van der Waals surface area contributed by atoms with Crippen LogP contribution in [0.3, 0.4) is 0 Å². The number of aromatic nitrogens is 1. The standard InChI is InChI=1S/C10H5N2S.3C4H9.Sn/c11-7-8-1-3-9(4-2-8)10-12-5-6-13-10;3*1-3-4-2;/h1-5H;3*1,3-4H2,2H3;. The van der Waals surface area contributed by atoms with Crippen molar-refractivity contribution in [2.75, 3.05) is 0 Å². The van der Waals surface area contributed by atoms with E-state index >= 15 is 0 Å². The second-order valence-corrected chi connectivity index (χ2v) is 22.5. The Morgan fingerprint density at radius 3 is 1.92 bits per heavy atom. The van der Waals surface area contributed by atoms with E-state index in [-0.39, 0.29) is 0 Å². The molecule has 0 bridgehead atoms. The van der Waals surface area contributed by atoms with Gasteiger partial charge in [0.1, 0.15) is 0 Å². The van der Waals surface area contributed by atoms with Crippen molar-refractivity contribution in [3.63, 3.8) is 0 Å². The first-order valence-corrected chi connectivity index (χ1v) is 18.5. The summed E-state index contributed by atoms with van der Waals surface area (Å²) in [5.74, 6) is 0. The molecular weight excluding hydrogens is 443 g/mol. The molecule has 0 aliphatic rings. The Hall–Kier alpha value is -0.861. The van der Waals surface area contributed by atoms with E-state index in [1.165, 1.54) is 51.8 Å². The molecule has 0 spiro atoms. The molecule has 0 saturated heterocycles. The molecule has 140 valence electrons. The molecule has 0 radical (unpaired) electrons. The van der Waals surface area contributed by atoms with Crippen LogP contribution in [0.5, 0.6) is 0 Å². The molecule has 0 fully saturated rings. The summed E-state index contributed by atoms with van der Waals surface area (Å²) in [6.07, 6.45) is 10.3. The third-order valence-corrected chi connectivity index (χ3v) is 24.5. The average molecular weight is 475 g/mol. The number of rotatable bonds is 11. The molecule has 26 heavy (non-hydrogen) atoms. The van der Waals surface area contributed by atoms with Crippen LogP contribution in [-0.4, -0.2) is 23.4 Å². The molecule has 0 amide bonds. The fraction of sp³-hybridized carbons (Fsp3) is 0.545. The maximum atomic E-state index is 9.00. The van der Waals surface area contributed by atoms with Gasteiger partial charge in [-0.25, -0.2) is 0 Å². The van der Waals surface area contributed by atoms with E-state index in [2.05, 4.69) is 33.0 Å². The first kappa shape index (κ1) is 21.4. The van der Waals surface area contributed by atoms with Gasteiger partial charge in [-0.3, -0.25) is 0 Å². The Kier molecular flexibility index (Phi) is 9.14. The SMILES string of the molecule is CCC[CH2][Sn]([CH2]CCC)([CH2]CCC)[c]1cnc(-c2ccc(C#N)cc2)s1. The van der Waals surface area contributed by atoms with Gasteiger partial charge in [-0.15, -0.1) is 0 Å². The Labute approximate surface area is 167 Å². The van der Waals surface area contributed by atoms with E-state index < -0.39 is 18.4 Å². The van der Waals surface area contributed by atoms with Crippen LogP contribution in [0.1, 0.15) is 64.9 Å². The number of unbranched alkanes of at least 4 members (excludes halogenated alkanes) is 3. The van der Waals surface area contributed by atoms with Crippen molar-refractivity contribution in [3.8, 4) is 16.6 Å². The number of hydrogen-bond acceptors (Lipinski definition) is 3. The van der Waals surface area contributed by atoms with Crippen LogP contribution in [0.15, 0.2) is 30.5 Å². The molecule has 0 aliphatic carbocycles. The molecule has 2 rings (SSSR count). The van der Waals surface area contributed by atoms with Crippen LogP contribution >= 0.6 is 11.3 Å². The summed E-state index contributed by atoms with van der Waals surface area (Å²) < 4.78 is 6.13. The van der Waals surface area contributed by atoms with Crippen LogP contribution in [0, 0.1) is 11.3 Å². The minimum atomic E-state index is -2.36. The first-order chi connectivity index (χ1) is 12.7. The first-order valence-electron chi connectivity index (χ1n) is 10.2. The van der Waals surface area contributed by atoms with E-state index in [9.17, 15) is 0 Å². The number of nitrogens with zero attached hydrogens (tertiary/aromatic N) is 2. The van der Waals surface area contributed by atoms with E-state index in [4.69, 9.17) is 10.2 Å². The van der Waals surface area contributed by atoms with Crippen LogP contribution in [0.2, 0.25) is 13.3 Å². The number of thiazole rings is 1. The molecule has 2 aromatic rings. The van der Waals surface area contributed by atoms with E-state index in [0.29, 0.717) is 5.56 Å². The second kappa shape index (κ2) is 11.1. The predicted molar refractivity (Wildman–Crippen MR) is 117 cm³/mol. The average Bonchev–Trinajstić information content (AvgIpc) is 3.18. The summed E-state index contributed by atoms with van der Waals surface area (Å²) >= 11 is -0.403. The quantitative estimate of drug-likeness (QED) is 0.338. The zero-order valence-electron chi connectivity index (χ0n) is 16.6. The molecule has 0 saturated carbocycles.